The summed E-state index contributed by atoms with van der Waals surface area (Å²) in [5.41, 5.74) is 1.84. The van der Waals surface area contributed by atoms with Crippen molar-refractivity contribution in [1.82, 2.24) is 5.16 Å². The number of anilines is 1. The zero-order valence-corrected chi connectivity index (χ0v) is 11.5. The molecular formula is C12H12N2O4S. The number of carbonyl (C=O) groups is 2. The highest BCUT2D eigenvalue weighted by Gasteiger charge is 2.20. The zero-order chi connectivity index (χ0) is 14.0. The molecule has 2 aromatic heterocycles. The summed E-state index contributed by atoms with van der Waals surface area (Å²) in [6.45, 7) is 3.51. The van der Waals surface area contributed by atoms with Gasteiger partial charge in [-0.1, -0.05) is 5.16 Å². The van der Waals surface area contributed by atoms with Crippen molar-refractivity contribution >= 4 is 28.9 Å². The Morgan fingerprint density at radius 2 is 2.16 bits per heavy atom. The molecule has 0 spiro atoms. The van der Waals surface area contributed by atoms with E-state index in [-0.39, 0.29) is 5.76 Å². The number of hydrogen-bond donors (Lipinski definition) is 1. The summed E-state index contributed by atoms with van der Waals surface area (Å²) in [7, 11) is 1.29. The van der Waals surface area contributed by atoms with Gasteiger partial charge in [-0.2, -0.15) is 0 Å². The van der Waals surface area contributed by atoms with E-state index in [2.05, 4.69) is 15.2 Å². The van der Waals surface area contributed by atoms with Crippen LogP contribution in [0.4, 0.5) is 5.69 Å². The first kappa shape index (κ1) is 13.3. The molecule has 2 aromatic rings. The van der Waals surface area contributed by atoms with Crippen LogP contribution >= 0.6 is 11.3 Å². The molecule has 1 amide bonds. The van der Waals surface area contributed by atoms with Gasteiger partial charge in [0.1, 0.15) is 4.88 Å². The van der Waals surface area contributed by atoms with Crippen LogP contribution in [0, 0.1) is 13.8 Å². The van der Waals surface area contributed by atoms with Crippen LogP contribution < -0.4 is 5.32 Å². The number of esters is 1. The minimum Gasteiger partial charge on any atom is -0.465 e. The predicted molar refractivity (Wildman–Crippen MR) is 69.6 cm³/mol. The van der Waals surface area contributed by atoms with Crippen molar-refractivity contribution in [1.29, 1.82) is 0 Å². The molecule has 7 heteroatoms. The van der Waals surface area contributed by atoms with Crippen LogP contribution in [0.15, 0.2) is 16.0 Å². The number of methoxy groups -OCH3 is 1. The summed E-state index contributed by atoms with van der Waals surface area (Å²) >= 11 is 1.22. The molecule has 0 fully saturated rings. The Kier molecular flexibility index (Phi) is 3.66. The molecule has 0 unspecified atom stereocenters. The minimum absolute atomic E-state index is 0.0962. The van der Waals surface area contributed by atoms with Gasteiger partial charge in [0.2, 0.25) is 5.76 Å². The summed E-state index contributed by atoms with van der Waals surface area (Å²) in [6, 6.07) is 1.52. The van der Waals surface area contributed by atoms with Gasteiger partial charge in [-0.25, -0.2) is 4.79 Å². The van der Waals surface area contributed by atoms with Crippen molar-refractivity contribution < 1.29 is 18.8 Å². The number of nitrogens with zero attached hydrogens (tertiary/aromatic N) is 1. The summed E-state index contributed by atoms with van der Waals surface area (Å²) < 4.78 is 9.53. The van der Waals surface area contributed by atoms with E-state index in [0.717, 1.165) is 5.56 Å². The van der Waals surface area contributed by atoms with E-state index in [9.17, 15) is 9.59 Å². The number of carbonyl (C=O) groups excluding carboxylic acids is 2. The normalized spacial score (nSPS) is 10.3. The molecule has 0 aliphatic heterocycles. The largest absolute Gasteiger partial charge is 0.465 e. The number of thiophene rings is 1. The smallest absolute Gasteiger partial charge is 0.350 e. The third kappa shape index (κ3) is 2.65. The highest BCUT2D eigenvalue weighted by atomic mass is 32.1. The van der Waals surface area contributed by atoms with E-state index in [1.807, 2.05) is 0 Å². The first-order valence-corrected chi connectivity index (χ1v) is 6.32. The Bertz CT molecular complexity index is 629. The molecule has 0 bridgehead atoms. The van der Waals surface area contributed by atoms with E-state index < -0.39 is 11.9 Å². The van der Waals surface area contributed by atoms with Crippen LogP contribution in [0.2, 0.25) is 0 Å². The maximum atomic E-state index is 11.9. The van der Waals surface area contributed by atoms with Crippen molar-refractivity contribution in [3.8, 4) is 0 Å². The van der Waals surface area contributed by atoms with Crippen molar-refractivity contribution in [2.75, 3.05) is 12.4 Å². The van der Waals surface area contributed by atoms with Crippen molar-refractivity contribution in [2.45, 2.75) is 13.8 Å². The molecular weight excluding hydrogens is 268 g/mol. The van der Waals surface area contributed by atoms with Gasteiger partial charge in [-0.05, 0) is 24.8 Å². The average Bonchev–Trinajstić information content (AvgIpc) is 2.96. The van der Waals surface area contributed by atoms with Crippen LogP contribution in [0.25, 0.3) is 0 Å². The quantitative estimate of drug-likeness (QED) is 0.873. The Morgan fingerprint density at radius 1 is 1.42 bits per heavy atom. The molecule has 100 valence electrons. The molecule has 0 saturated carbocycles. The molecule has 1 N–H and O–H groups in total. The van der Waals surface area contributed by atoms with Gasteiger partial charge in [0.05, 0.1) is 18.5 Å². The molecule has 6 nitrogen and oxygen atoms in total. The molecule has 2 rings (SSSR count). The maximum Gasteiger partial charge on any atom is 0.350 e. The minimum atomic E-state index is -0.484. The number of aryl methyl sites for hydroxylation is 2. The molecule has 0 aliphatic rings. The van der Waals surface area contributed by atoms with Crippen LogP contribution in [-0.4, -0.2) is 24.1 Å². The number of rotatable bonds is 3. The predicted octanol–water partition coefficient (Wildman–Crippen LogP) is 2.39. The van der Waals surface area contributed by atoms with E-state index in [4.69, 9.17) is 4.52 Å². The highest BCUT2D eigenvalue weighted by molar-refractivity contribution is 7.12. The van der Waals surface area contributed by atoms with Crippen molar-refractivity contribution in [2.24, 2.45) is 0 Å². The summed E-state index contributed by atoms with van der Waals surface area (Å²) in [6.07, 6.45) is 0. The average molecular weight is 280 g/mol. The van der Waals surface area contributed by atoms with Crippen LogP contribution in [0.3, 0.4) is 0 Å². The van der Waals surface area contributed by atoms with E-state index >= 15 is 0 Å². The number of amides is 1. The zero-order valence-electron chi connectivity index (χ0n) is 10.6. The van der Waals surface area contributed by atoms with E-state index in [1.54, 1.807) is 19.2 Å². The second kappa shape index (κ2) is 5.23. The fourth-order valence-corrected chi connectivity index (χ4v) is 2.41. The molecule has 19 heavy (non-hydrogen) atoms. The van der Waals surface area contributed by atoms with Crippen LogP contribution in [-0.2, 0) is 4.74 Å². The van der Waals surface area contributed by atoms with Gasteiger partial charge >= 0.3 is 5.97 Å². The highest BCUT2D eigenvalue weighted by Crippen LogP contribution is 2.28. The molecule has 0 aromatic carbocycles. The fraction of sp³-hybridized carbons (Fsp3) is 0.250. The van der Waals surface area contributed by atoms with Crippen LogP contribution in [0.5, 0.6) is 0 Å². The van der Waals surface area contributed by atoms with Crippen LogP contribution in [0.1, 0.15) is 31.5 Å². The van der Waals surface area contributed by atoms with Gasteiger partial charge in [-0.3, -0.25) is 4.79 Å². The molecule has 2 heterocycles. The first-order valence-electron chi connectivity index (χ1n) is 5.44. The molecule has 0 aliphatic carbocycles. The van der Waals surface area contributed by atoms with Crippen molar-refractivity contribution in [3.05, 3.63) is 33.3 Å². The second-order valence-electron chi connectivity index (χ2n) is 3.90. The Morgan fingerprint density at radius 3 is 2.74 bits per heavy atom. The molecule has 0 atom stereocenters. The SMILES string of the molecule is COC(=O)c1scc(C)c1NC(=O)c1cc(C)no1. The lowest BCUT2D eigenvalue weighted by Crippen LogP contribution is -2.14. The lowest BCUT2D eigenvalue weighted by atomic mass is 10.2. The topological polar surface area (TPSA) is 81.4 Å². The Balaban J connectivity index is 2.26. The van der Waals surface area contributed by atoms with Gasteiger partial charge in [-0.15, -0.1) is 11.3 Å². The monoisotopic (exact) mass is 280 g/mol. The van der Waals surface area contributed by atoms with Gasteiger partial charge in [0.15, 0.2) is 0 Å². The molecule has 0 radical (unpaired) electrons. The van der Waals surface area contributed by atoms with Gasteiger partial charge in [0.25, 0.3) is 5.91 Å². The number of hydrogen-bond acceptors (Lipinski definition) is 6. The third-order valence-electron chi connectivity index (χ3n) is 2.44. The third-order valence-corrected chi connectivity index (χ3v) is 3.51. The number of aromatic nitrogens is 1. The summed E-state index contributed by atoms with van der Waals surface area (Å²) in [4.78, 5) is 23.9. The fourth-order valence-electron chi connectivity index (χ4n) is 1.49. The standard InChI is InChI=1S/C12H12N2O4S/c1-6-5-19-10(12(16)17-3)9(6)13-11(15)8-4-7(2)14-18-8/h4-5H,1-3H3,(H,13,15). The number of ether oxygens (including phenoxy) is 1. The Hall–Kier alpha value is -2.15. The Labute approximate surface area is 113 Å². The number of nitrogens with one attached hydrogen (secondary N) is 1. The van der Waals surface area contributed by atoms with E-state index in [1.165, 1.54) is 24.5 Å². The van der Waals surface area contributed by atoms with E-state index in [0.29, 0.717) is 16.3 Å². The van der Waals surface area contributed by atoms with Crippen molar-refractivity contribution in [3.63, 3.8) is 0 Å². The maximum absolute atomic E-state index is 11.9. The van der Waals surface area contributed by atoms with Gasteiger partial charge < -0.3 is 14.6 Å². The second-order valence-corrected chi connectivity index (χ2v) is 4.78. The summed E-state index contributed by atoms with van der Waals surface area (Å²) in [5, 5.41) is 8.05. The van der Waals surface area contributed by atoms with Gasteiger partial charge in [0, 0.05) is 6.07 Å². The first-order chi connectivity index (χ1) is 9.02. The lowest BCUT2D eigenvalue weighted by molar-refractivity contribution is 0.0607. The molecule has 0 saturated heterocycles. The lowest BCUT2D eigenvalue weighted by Gasteiger charge is -2.05. The summed E-state index contributed by atoms with van der Waals surface area (Å²) in [5.74, 6) is -0.840.